The first kappa shape index (κ1) is 25.8. The summed E-state index contributed by atoms with van der Waals surface area (Å²) in [6.07, 6.45) is 0.963. The lowest BCUT2D eigenvalue weighted by molar-refractivity contribution is -0.121. The van der Waals surface area contributed by atoms with Crippen LogP contribution in [0.4, 0.5) is 11.6 Å². The van der Waals surface area contributed by atoms with E-state index in [9.17, 15) is 14.7 Å². The quantitative estimate of drug-likeness (QED) is 0.243. The molecule has 2 amide bonds. The van der Waals surface area contributed by atoms with Crippen LogP contribution in [0.2, 0.25) is 5.02 Å². The van der Waals surface area contributed by atoms with Gasteiger partial charge in [0.05, 0.1) is 0 Å². The topological polar surface area (TPSA) is 128 Å². The van der Waals surface area contributed by atoms with Gasteiger partial charge >= 0.3 is 0 Å². The summed E-state index contributed by atoms with van der Waals surface area (Å²) in [7, 11) is 0. The number of benzene rings is 2. The monoisotopic (exact) mass is 496 g/mol. The van der Waals surface area contributed by atoms with Crippen LogP contribution in [0.5, 0.6) is 5.75 Å². The molecule has 0 aliphatic heterocycles. The predicted octanol–water partition coefficient (Wildman–Crippen LogP) is 3.21. The zero-order valence-electron chi connectivity index (χ0n) is 19.5. The van der Waals surface area contributed by atoms with E-state index in [1.165, 1.54) is 6.92 Å². The number of hydrogen-bond donors (Lipinski definition) is 5. The number of halogens is 1. The molecule has 0 aliphatic carbocycles. The molecule has 9 nitrogen and oxygen atoms in total. The first-order chi connectivity index (χ1) is 16.9. The molecule has 0 atom stereocenters. The Kier molecular flexibility index (Phi) is 9.68. The number of nitrogens with zero attached hydrogens (tertiary/aromatic N) is 2. The Bertz CT molecular complexity index is 1120. The Balaban J connectivity index is 1.54. The molecule has 2 aromatic carbocycles. The van der Waals surface area contributed by atoms with E-state index in [1.54, 1.807) is 42.5 Å². The van der Waals surface area contributed by atoms with Crippen molar-refractivity contribution in [1.29, 1.82) is 0 Å². The number of carbonyl (C=O) groups excluding carboxylic acids is 2. The van der Waals surface area contributed by atoms with Gasteiger partial charge in [-0.3, -0.25) is 9.59 Å². The maximum atomic E-state index is 12.1. The van der Waals surface area contributed by atoms with Crippen LogP contribution in [0, 0.1) is 0 Å². The van der Waals surface area contributed by atoms with Crippen molar-refractivity contribution in [3.05, 3.63) is 65.2 Å². The SMILES string of the molecule is CC(=O)NCCNc1cc(NCCNC(=O)CCc2ccc(O)cc2)nc(-c2ccc(Cl)cc2)n1. The number of anilines is 2. The first-order valence-electron chi connectivity index (χ1n) is 11.3. The zero-order chi connectivity index (χ0) is 25.0. The molecule has 0 aliphatic rings. The second-order valence-corrected chi connectivity index (χ2v) is 8.26. The lowest BCUT2D eigenvalue weighted by atomic mass is 10.1. The molecule has 5 N–H and O–H groups in total. The maximum Gasteiger partial charge on any atom is 0.220 e. The molecule has 0 bridgehead atoms. The van der Waals surface area contributed by atoms with Crippen LogP contribution in [-0.4, -0.2) is 53.1 Å². The molecule has 0 spiro atoms. The number of phenolic OH excluding ortho intramolecular Hbond substituents is 1. The molecule has 0 fully saturated rings. The van der Waals surface area contributed by atoms with Gasteiger partial charge in [-0.1, -0.05) is 23.7 Å². The van der Waals surface area contributed by atoms with Gasteiger partial charge in [0.25, 0.3) is 0 Å². The van der Waals surface area contributed by atoms with Crippen molar-refractivity contribution in [3.8, 4) is 17.1 Å². The minimum atomic E-state index is -0.0937. The number of nitrogens with one attached hydrogen (secondary N) is 4. The smallest absolute Gasteiger partial charge is 0.220 e. The van der Waals surface area contributed by atoms with Gasteiger partial charge in [0.1, 0.15) is 17.4 Å². The molecular formula is C25H29ClN6O3. The number of hydrogen-bond acceptors (Lipinski definition) is 7. The minimum absolute atomic E-state index is 0.0512. The summed E-state index contributed by atoms with van der Waals surface area (Å²) in [6.45, 7) is 3.35. The van der Waals surface area contributed by atoms with E-state index < -0.39 is 0 Å². The largest absolute Gasteiger partial charge is 0.508 e. The van der Waals surface area contributed by atoms with Gasteiger partial charge in [-0.05, 0) is 48.4 Å². The van der Waals surface area contributed by atoms with Crippen molar-refractivity contribution in [3.63, 3.8) is 0 Å². The van der Waals surface area contributed by atoms with Crippen LogP contribution in [-0.2, 0) is 16.0 Å². The van der Waals surface area contributed by atoms with Crippen LogP contribution >= 0.6 is 11.6 Å². The van der Waals surface area contributed by atoms with Crippen LogP contribution in [0.3, 0.4) is 0 Å². The van der Waals surface area contributed by atoms with Crippen LogP contribution in [0.15, 0.2) is 54.6 Å². The highest BCUT2D eigenvalue weighted by Crippen LogP contribution is 2.22. The lowest BCUT2D eigenvalue weighted by Gasteiger charge is -2.12. The Hall–Kier alpha value is -3.85. The number of carbonyl (C=O) groups is 2. The molecule has 0 unspecified atom stereocenters. The van der Waals surface area contributed by atoms with E-state index >= 15 is 0 Å². The summed E-state index contributed by atoms with van der Waals surface area (Å²) in [4.78, 5) is 32.4. The van der Waals surface area contributed by atoms with Crippen molar-refractivity contribution in [2.45, 2.75) is 19.8 Å². The summed E-state index contributed by atoms with van der Waals surface area (Å²) >= 11 is 6.00. The average molecular weight is 497 g/mol. The van der Waals surface area contributed by atoms with E-state index in [4.69, 9.17) is 11.6 Å². The number of aryl methyl sites for hydroxylation is 1. The fourth-order valence-electron chi connectivity index (χ4n) is 3.19. The minimum Gasteiger partial charge on any atom is -0.508 e. The summed E-state index contributed by atoms with van der Waals surface area (Å²) < 4.78 is 0. The van der Waals surface area contributed by atoms with E-state index in [0.717, 1.165) is 11.1 Å². The highest BCUT2D eigenvalue weighted by molar-refractivity contribution is 6.30. The summed E-state index contributed by atoms with van der Waals surface area (Å²) in [5.74, 6) is 1.79. The van der Waals surface area contributed by atoms with Gasteiger partial charge in [0.15, 0.2) is 5.82 Å². The molecule has 1 heterocycles. The summed E-state index contributed by atoms with van der Waals surface area (Å²) in [5, 5.41) is 22.0. The predicted molar refractivity (Wildman–Crippen MR) is 138 cm³/mol. The molecule has 3 rings (SSSR count). The first-order valence-corrected chi connectivity index (χ1v) is 11.7. The fraction of sp³-hybridized carbons (Fsp3) is 0.280. The molecule has 0 saturated heterocycles. The molecule has 3 aromatic rings. The molecule has 10 heteroatoms. The van der Waals surface area contributed by atoms with Gasteiger partial charge in [-0.15, -0.1) is 0 Å². The Morgan fingerprint density at radius 2 is 1.46 bits per heavy atom. The fourth-order valence-corrected chi connectivity index (χ4v) is 3.31. The number of rotatable bonds is 12. The van der Waals surface area contributed by atoms with E-state index in [2.05, 4.69) is 31.2 Å². The average Bonchev–Trinajstić information content (AvgIpc) is 2.84. The Morgan fingerprint density at radius 1 is 0.857 bits per heavy atom. The van der Waals surface area contributed by atoms with Crippen molar-refractivity contribution >= 4 is 35.1 Å². The number of aromatic nitrogens is 2. The second-order valence-electron chi connectivity index (χ2n) is 7.82. The maximum absolute atomic E-state index is 12.1. The van der Waals surface area contributed by atoms with Gasteiger partial charge in [-0.2, -0.15) is 0 Å². The normalized spacial score (nSPS) is 10.5. The van der Waals surface area contributed by atoms with Crippen LogP contribution in [0.1, 0.15) is 18.9 Å². The Morgan fingerprint density at radius 3 is 2.06 bits per heavy atom. The van der Waals surface area contributed by atoms with Crippen molar-refractivity contribution < 1.29 is 14.7 Å². The van der Waals surface area contributed by atoms with Gasteiger partial charge in [0, 0.05) is 56.2 Å². The van der Waals surface area contributed by atoms with Crippen molar-refractivity contribution in [2.24, 2.45) is 0 Å². The van der Waals surface area contributed by atoms with Gasteiger partial charge in [0.2, 0.25) is 11.8 Å². The number of aromatic hydroxyl groups is 1. The van der Waals surface area contributed by atoms with E-state index in [-0.39, 0.29) is 17.6 Å². The van der Waals surface area contributed by atoms with Gasteiger partial charge < -0.3 is 26.4 Å². The number of phenols is 1. The Labute approximate surface area is 209 Å². The second kappa shape index (κ2) is 13.1. The van der Waals surface area contributed by atoms with E-state index in [1.807, 2.05) is 12.1 Å². The standard InChI is InChI=1S/C25H29ClN6O3/c1-17(33)27-12-13-28-22-16-23(32-25(31-22)19-5-7-20(26)8-6-19)29-14-15-30-24(35)11-4-18-2-9-21(34)10-3-18/h2-3,5-10,16,34H,4,11-15H2,1H3,(H,27,33)(H,30,35)(H2,28,29,31,32). The lowest BCUT2D eigenvalue weighted by Crippen LogP contribution is -2.29. The third-order valence-electron chi connectivity index (χ3n) is 4.96. The number of amides is 2. The van der Waals surface area contributed by atoms with Crippen LogP contribution < -0.4 is 21.3 Å². The molecule has 0 saturated carbocycles. The van der Waals surface area contributed by atoms with Gasteiger partial charge in [-0.25, -0.2) is 9.97 Å². The summed E-state index contributed by atoms with van der Waals surface area (Å²) in [5.41, 5.74) is 1.80. The molecule has 35 heavy (non-hydrogen) atoms. The molecule has 0 radical (unpaired) electrons. The molecule has 1 aromatic heterocycles. The third-order valence-corrected chi connectivity index (χ3v) is 5.22. The highest BCUT2D eigenvalue weighted by atomic mass is 35.5. The van der Waals surface area contributed by atoms with Crippen LogP contribution in [0.25, 0.3) is 11.4 Å². The zero-order valence-corrected chi connectivity index (χ0v) is 20.2. The highest BCUT2D eigenvalue weighted by Gasteiger charge is 2.08. The van der Waals surface area contributed by atoms with Crippen molar-refractivity contribution in [2.75, 3.05) is 36.8 Å². The molecule has 184 valence electrons. The van der Waals surface area contributed by atoms with Crippen molar-refractivity contribution in [1.82, 2.24) is 20.6 Å². The van der Waals surface area contributed by atoms with E-state index in [0.29, 0.717) is 61.5 Å². The summed E-state index contributed by atoms with van der Waals surface area (Å²) in [6, 6.07) is 15.8. The molecular weight excluding hydrogens is 468 g/mol. The third kappa shape index (κ3) is 9.13.